The zero-order chi connectivity index (χ0) is 20.5. The molecule has 0 aromatic heterocycles. The number of piperazine rings is 1. The van der Waals surface area contributed by atoms with Gasteiger partial charge in [-0.25, -0.2) is 8.42 Å². The van der Waals surface area contributed by atoms with Crippen LogP contribution in [0.5, 0.6) is 0 Å². The summed E-state index contributed by atoms with van der Waals surface area (Å²) in [5, 5.41) is 0. The van der Waals surface area contributed by atoms with E-state index in [4.69, 9.17) is 0 Å². The Morgan fingerprint density at radius 2 is 1.61 bits per heavy atom. The second kappa shape index (κ2) is 8.13. The maximum atomic E-state index is 13.0. The van der Waals surface area contributed by atoms with E-state index in [0.717, 1.165) is 31.5 Å². The predicted molar refractivity (Wildman–Crippen MR) is 111 cm³/mol. The Balaban J connectivity index is 1.62. The molecule has 0 bridgehead atoms. The van der Waals surface area contributed by atoms with Gasteiger partial charge in [-0.2, -0.15) is 4.31 Å². The van der Waals surface area contributed by atoms with Crippen molar-refractivity contribution in [3.8, 4) is 0 Å². The van der Waals surface area contributed by atoms with Crippen molar-refractivity contribution in [2.75, 3.05) is 46.3 Å². The molecule has 156 valence electrons. The lowest BCUT2D eigenvalue weighted by Crippen LogP contribution is -2.53. The lowest BCUT2D eigenvalue weighted by atomic mass is 9.87. The van der Waals surface area contributed by atoms with E-state index in [-0.39, 0.29) is 17.2 Å². The summed E-state index contributed by atoms with van der Waals surface area (Å²) in [6, 6.07) is 7.19. The number of benzene rings is 1. The summed E-state index contributed by atoms with van der Waals surface area (Å²) in [6.45, 7) is 9.83. The van der Waals surface area contributed by atoms with Crippen LogP contribution < -0.4 is 0 Å². The van der Waals surface area contributed by atoms with Gasteiger partial charge >= 0.3 is 0 Å². The van der Waals surface area contributed by atoms with Gasteiger partial charge in [-0.15, -0.1) is 0 Å². The normalized spacial score (nSPS) is 23.0. The number of piperidine rings is 1. The Morgan fingerprint density at radius 1 is 1.00 bits per heavy atom. The highest BCUT2D eigenvalue weighted by molar-refractivity contribution is 7.89. The standard InChI is InChI=1S/C21H33N3O3S/c1-21(2,3)18-7-9-19(10-8-18)28(26,27)24-14-12-23(13-15-24)20(25)17-6-5-11-22(4)16-17/h7-10,17H,5-6,11-16H2,1-4H3. The van der Waals surface area contributed by atoms with Gasteiger partial charge in [0.25, 0.3) is 0 Å². The molecule has 0 aliphatic carbocycles. The molecule has 0 saturated carbocycles. The second-order valence-electron chi connectivity index (χ2n) is 9.11. The minimum atomic E-state index is -3.52. The summed E-state index contributed by atoms with van der Waals surface area (Å²) >= 11 is 0. The molecule has 1 unspecified atom stereocenters. The quantitative estimate of drug-likeness (QED) is 0.770. The van der Waals surface area contributed by atoms with Crippen LogP contribution in [0.15, 0.2) is 29.2 Å². The molecule has 3 rings (SSSR count). The van der Waals surface area contributed by atoms with Crippen molar-refractivity contribution in [2.24, 2.45) is 5.92 Å². The van der Waals surface area contributed by atoms with E-state index in [9.17, 15) is 13.2 Å². The summed E-state index contributed by atoms with van der Waals surface area (Å²) in [5.74, 6) is 0.227. The van der Waals surface area contributed by atoms with Gasteiger partial charge in [0.05, 0.1) is 10.8 Å². The average molecular weight is 408 g/mol. The van der Waals surface area contributed by atoms with Gasteiger partial charge in [-0.05, 0) is 49.5 Å². The van der Waals surface area contributed by atoms with Crippen LogP contribution in [-0.4, -0.2) is 74.7 Å². The van der Waals surface area contributed by atoms with Crippen LogP contribution in [0.25, 0.3) is 0 Å². The third-order valence-corrected chi connectivity index (χ3v) is 7.80. The molecule has 28 heavy (non-hydrogen) atoms. The van der Waals surface area contributed by atoms with Gasteiger partial charge < -0.3 is 9.80 Å². The molecule has 0 spiro atoms. The van der Waals surface area contributed by atoms with Crippen LogP contribution in [0.4, 0.5) is 0 Å². The topological polar surface area (TPSA) is 60.9 Å². The highest BCUT2D eigenvalue weighted by Crippen LogP contribution is 2.25. The van der Waals surface area contributed by atoms with Crippen LogP contribution in [0.2, 0.25) is 0 Å². The van der Waals surface area contributed by atoms with Crippen molar-refractivity contribution in [2.45, 2.75) is 43.9 Å². The van der Waals surface area contributed by atoms with Crippen LogP contribution in [-0.2, 0) is 20.2 Å². The van der Waals surface area contributed by atoms with E-state index in [0.29, 0.717) is 31.1 Å². The van der Waals surface area contributed by atoms with Crippen molar-refractivity contribution >= 4 is 15.9 Å². The average Bonchev–Trinajstić information content (AvgIpc) is 2.67. The number of amides is 1. The first-order valence-corrected chi connectivity index (χ1v) is 11.6. The van der Waals surface area contributed by atoms with Gasteiger partial charge in [-0.1, -0.05) is 32.9 Å². The third-order valence-electron chi connectivity index (χ3n) is 5.88. The molecule has 2 fully saturated rings. The Labute approximate surface area is 169 Å². The number of sulfonamides is 1. The lowest BCUT2D eigenvalue weighted by molar-refractivity contribution is -0.138. The SMILES string of the molecule is CN1CCCC(C(=O)N2CCN(S(=O)(=O)c3ccc(C(C)(C)C)cc3)CC2)C1. The number of nitrogens with zero attached hydrogens (tertiary/aromatic N) is 3. The lowest BCUT2D eigenvalue weighted by Gasteiger charge is -2.37. The predicted octanol–water partition coefficient (Wildman–Crippen LogP) is 2.16. The number of carbonyl (C=O) groups excluding carboxylic acids is 1. The van der Waals surface area contributed by atoms with E-state index >= 15 is 0 Å². The molecular weight excluding hydrogens is 374 g/mol. The molecule has 1 amide bonds. The molecule has 6 nitrogen and oxygen atoms in total. The summed E-state index contributed by atoms with van der Waals surface area (Å²) < 4.78 is 27.5. The van der Waals surface area contributed by atoms with E-state index in [2.05, 4.69) is 32.7 Å². The molecular formula is C21H33N3O3S. The van der Waals surface area contributed by atoms with Crippen molar-refractivity contribution in [3.63, 3.8) is 0 Å². The molecule has 0 radical (unpaired) electrons. The van der Waals surface area contributed by atoms with E-state index in [1.165, 1.54) is 4.31 Å². The van der Waals surface area contributed by atoms with Crippen molar-refractivity contribution in [1.82, 2.24) is 14.1 Å². The van der Waals surface area contributed by atoms with Crippen LogP contribution in [0, 0.1) is 5.92 Å². The molecule has 2 aliphatic heterocycles. The first-order valence-electron chi connectivity index (χ1n) is 10.2. The van der Waals surface area contributed by atoms with Gasteiger partial charge in [0.1, 0.15) is 0 Å². The Bertz CT molecular complexity index is 791. The second-order valence-corrected chi connectivity index (χ2v) is 11.0. The number of carbonyl (C=O) groups is 1. The first-order chi connectivity index (χ1) is 13.1. The summed E-state index contributed by atoms with van der Waals surface area (Å²) in [6.07, 6.45) is 1.98. The van der Waals surface area contributed by atoms with E-state index < -0.39 is 10.0 Å². The Hall–Kier alpha value is -1.44. The molecule has 1 aromatic rings. The van der Waals surface area contributed by atoms with Gasteiger partial charge in [0.2, 0.25) is 15.9 Å². The largest absolute Gasteiger partial charge is 0.340 e. The first kappa shape index (κ1) is 21.3. The summed E-state index contributed by atoms with van der Waals surface area (Å²) in [4.78, 5) is 17.2. The highest BCUT2D eigenvalue weighted by Gasteiger charge is 2.33. The smallest absolute Gasteiger partial charge is 0.243 e. The van der Waals surface area contributed by atoms with Gasteiger partial charge in [0.15, 0.2) is 0 Å². The van der Waals surface area contributed by atoms with Crippen LogP contribution in [0.3, 0.4) is 0 Å². The van der Waals surface area contributed by atoms with Gasteiger partial charge in [0, 0.05) is 32.7 Å². The molecule has 2 saturated heterocycles. The number of likely N-dealkylation sites (tertiary alicyclic amines) is 1. The molecule has 1 aromatic carbocycles. The van der Waals surface area contributed by atoms with Crippen molar-refractivity contribution in [1.29, 1.82) is 0 Å². The zero-order valence-corrected chi connectivity index (χ0v) is 18.3. The fourth-order valence-corrected chi connectivity index (χ4v) is 5.47. The number of hydrogen-bond acceptors (Lipinski definition) is 4. The zero-order valence-electron chi connectivity index (χ0n) is 17.5. The molecule has 0 N–H and O–H groups in total. The fourth-order valence-electron chi connectivity index (χ4n) is 4.05. The molecule has 2 heterocycles. The van der Waals surface area contributed by atoms with Crippen molar-refractivity contribution in [3.05, 3.63) is 29.8 Å². The molecule has 7 heteroatoms. The maximum Gasteiger partial charge on any atom is 0.243 e. The monoisotopic (exact) mass is 407 g/mol. The van der Waals surface area contributed by atoms with Gasteiger partial charge in [-0.3, -0.25) is 4.79 Å². The van der Waals surface area contributed by atoms with Crippen LogP contribution >= 0.6 is 0 Å². The third kappa shape index (κ3) is 4.58. The molecule has 2 aliphatic rings. The number of hydrogen-bond donors (Lipinski definition) is 0. The number of rotatable bonds is 3. The van der Waals surface area contributed by atoms with E-state index in [1.807, 2.05) is 17.0 Å². The highest BCUT2D eigenvalue weighted by atomic mass is 32.2. The minimum Gasteiger partial charge on any atom is -0.340 e. The Morgan fingerprint density at radius 3 is 2.14 bits per heavy atom. The van der Waals surface area contributed by atoms with Crippen LogP contribution in [0.1, 0.15) is 39.2 Å². The summed E-state index contributed by atoms with van der Waals surface area (Å²) in [7, 11) is -1.47. The fraction of sp³-hybridized carbons (Fsp3) is 0.667. The summed E-state index contributed by atoms with van der Waals surface area (Å²) in [5.41, 5.74) is 1.10. The van der Waals surface area contributed by atoms with E-state index in [1.54, 1.807) is 12.1 Å². The minimum absolute atomic E-state index is 0.0124. The maximum absolute atomic E-state index is 13.0. The Kier molecular flexibility index (Phi) is 6.17. The van der Waals surface area contributed by atoms with Crippen molar-refractivity contribution < 1.29 is 13.2 Å². The molecule has 1 atom stereocenters.